The largest absolute Gasteiger partial charge is 0.326 e. The molecule has 4 rings (SSSR count). The second-order valence-corrected chi connectivity index (χ2v) is 6.45. The van der Waals surface area contributed by atoms with Gasteiger partial charge in [-0.2, -0.15) is 0 Å². The fourth-order valence-corrected chi connectivity index (χ4v) is 3.19. The molecule has 122 valence electrons. The Morgan fingerprint density at radius 3 is 2.54 bits per heavy atom. The van der Waals surface area contributed by atoms with Gasteiger partial charge < -0.3 is 10.2 Å². The third-order valence-corrected chi connectivity index (χ3v) is 4.46. The molecule has 0 atom stereocenters. The molecule has 0 aromatic heterocycles. The van der Waals surface area contributed by atoms with E-state index in [4.69, 9.17) is 11.6 Å². The molecule has 0 bridgehead atoms. The van der Waals surface area contributed by atoms with Crippen molar-refractivity contribution < 1.29 is 9.59 Å². The predicted octanol–water partition coefficient (Wildman–Crippen LogP) is 3.89. The molecule has 0 saturated heterocycles. The van der Waals surface area contributed by atoms with E-state index in [-0.39, 0.29) is 24.5 Å². The summed E-state index contributed by atoms with van der Waals surface area (Å²) in [7, 11) is 0. The first-order valence-electron chi connectivity index (χ1n) is 7.88. The van der Waals surface area contributed by atoms with Gasteiger partial charge in [-0.05, 0) is 43.2 Å². The lowest BCUT2D eigenvalue weighted by atomic mass is 10.1. The summed E-state index contributed by atoms with van der Waals surface area (Å²) in [5, 5.41) is 3.35. The third-order valence-electron chi connectivity index (χ3n) is 4.23. The van der Waals surface area contributed by atoms with E-state index in [0.29, 0.717) is 10.7 Å². The van der Waals surface area contributed by atoms with Crippen LogP contribution >= 0.6 is 11.6 Å². The summed E-state index contributed by atoms with van der Waals surface area (Å²) < 4.78 is 0. The van der Waals surface area contributed by atoms with Crippen molar-refractivity contribution in [2.75, 3.05) is 21.7 Å². The maximum atomic E-state index is 12.7. The molecule has 1 aliphatic heterocycles. The molecule has 24 heavy (non-hydrogen) atoms. The Morgan fingerprint density at radius 2 is 1.83 bits per heavy atom. The molecule has 1 aliphatic carbocycles. The van der Waals surface area contributed by atoms with Crippen LogP contribution in [0.1, 0.15) is 12.8 Å². The summed E-state index contributed by atoms with van der Waals surface area (Å²) in [5.74, 6) is -0.0440. The molecule has 3 amide bonds. The van der Waals surface area contributed by atoms with E-state index in [1.165, 1.54) is 4.90 Å². The fraction of sp³-hybridized carbons (Fsp3) is 0.222. The quantitative estimate of drug-likeness (QED) is 0.901. The summed E-state index contributed by atoms with van der Waals surface area (Å²) in [6, 6.07) is 14.4. The number of urea groups is 1. The number of hydrogen-bond donors (Lipinski definition) is 1. The maximum Gasteiger partial charge on any atom is 0.326 e. The SMILES string of the molecule is O=C(Nc1cccc(Cl)c1)N1CC(=O)N(C2CC2)c2ccccc21. The molecule has 5 nitrogen and oxygen atoms in total. The van der Waals surface area contributed by atoms with Crippen molar-refractivity contribution in [1.82, 2.24) is 0 Å². The van der Waals surface area contributed by atoms with E-state index in [9.17, 15) is 9.59 Å². The van der Waals surface area contributed by atoms with Gasteiger partial charge in [0.2, 0.25) is 5.91 Å². The molecule has 0 unspecified atom stereocenters. The zero-order valence-corrected chi connectivity index (χ0v) is 13.7. The first-order valence-corrected chi connectivity index (χ1v) is 8.26. The highest BCUT2D eigenvalue weighted by Gasteiger charge is 2.40. The number of halogens is 1. The van der Waals surface area contributed by atoms with E-state index in [0.717, 1.165) is 24.2 Å². The number of hydrogen-bond acceptors (Lipinski definition) is 2. The highest BCUT2D eigenvalue weighted by Crippen LogP contribution is 2.40. The summed E-state index contributed by atoms with van der Waals surface area (Å²) >= 11 is 5.95. The number of nitrogens with one attached hydrogen (secondary N) is 1. The van der Waals surface area contributed by atoms with Gasteiger partial charge in [0.25, 0.3) is 0 Å². The molecule has 1 saturated carbocycles. The molecule has 6 heteroatoms. The minimum Gasteiger partial charge on any atom is -0.307 e. The van der Waals surface area contributed by atoms with Gasteiger partial charge in [0, 0.05) is 16.8 Å². The van der Waals surface area contributed by atoms with Crippen LogP contribution in [0.5, 0.6) is 0 Å². The molecule has 1 fully saturated rings. The van der Waals surface area contributed by atoms with Crippen LogP contribution in [0.2, 0.25) is 5.02 Å². The standard InChI is InChI=1S/C18H16ClN3O2/c19-12-4-3-5-13(10-12)20-18(24)21-11-17(23)22(14-8-9-14)16-7-2-1-6-15(16)21/h1-7,10,14H,8-9,11H2,(H,20,24). The Kier molecular flexibility index (Phi) is 3.65. The Balaban J connectivity index is 1.64. The number of para-hydroxylation sites is 2. The van der Waals surface area contributed by atoms with Gasteiger partial charge in [-0.15, -0.1) is 0 Å². The summed E-state index contributed by atoms with van der Waals surface area (Å²) in [6.45, 7) is 0.0416. The smallest absolute Gasteiger partial charge is 0.307 e. The molecule has 2 aromatic rings. The molecule has 0 spiro atoms. The van der Waals surface area contributed by atoms with Crippen molar-refractivity contribution in [1.29, 1.82) is 0 Å². The zero-order valence-electron chi connectivity index (χ0n) is 12.9. The minimum absolute atomic E-state index is 0.0416. The van der Waals surface area contributed by atoms with E-state index < -0.39 is 0 Å². The molecular weight excluding hydrogens is 326 g/mol. The Hall–Kier alpha value is -2.53. The normalized spacial score (nSPS) is 16.8. The zero-order chi connectivity index (χ0) is 16.7. The highest BCUT2D eigenvalue weighted by molar-refractivity contribution is 6.31. The number of benzene rings is 2. The average Bonchev–Trinajstić information content (AvgIpc) is 3.38. The van der Waals surface area contributed by atoms with Crippen molar-refractivity contribution in [3.8, 4) is 0 Å². The summed E-state index contributed by atoms with van der Waals surface area (Å²) in [6.07, 6.45) is 2.05. The lowest BCUT2D eigenvalue weighted by Gasteiger charge is -2.36. The first kappa shape index (κ1) is 15.0. The van der Waals surface area contributed by atoms with Crippen LogP contribution in [0.15, 0.2) is 48.5 Å². The first-order chi connectivity index (χ1) is 11.6. The van der Waals surface area contributed by atoms with Gasteiger partial charge >= 0.3 is 6.03 Å². The van der Waals surface area contributed by atoms with E-state index in [2.05, 4.69) is 5.32 Å². The van der Waals surface area contributed by atoms with Crippen molar-refractivity contribution >= 4 is 40.6 Å². The molecule has 2 aromatic carbocycles. The minimum atomic E-state index is -0.339. The molecular formula is C18H16ClN3O2. The number of nitrogens with zero attached hydrogens (tertiary/aromatic N) is 2. The van der Waals surface area contributed by atoms with Crippen LogP contribution < -0.4 is 15.1 Å². The van der Waals surface area contributed by atoms with E-state index in [1.807, 2.05) is 29.2 Å². The van der Waals surface area contributed by atoms with Gasteiger partial charge in [-0.25, -0.2) is 4.79 Å². The van der Waals surface area contributed by atoms with Crippen molar-refractivity contribution in [2.24, 2.45) is 0 Å². The predicted molar refractivity (Wildman–Crippen MR) is 94.8 cm³/mol. The molecule has 0 radical (unpaired) electrons. The second-order valence-electron chi connectivity index (χ2n) is 6.01. The second kappa shape index (κ2) is 5.83. The van der Waals surface area contributed by atoms with Gasteiger partial charge in [0.05, 0.1) is 11.4 Å². The van der Waals surface area contributed by atoms with E-state index in [1.54, 1.807) is 24.3 Å². The number of carbonyl (C=O) groups is 2. The van der Waals surface area contributed by atoms with Crippen LogP contribution in [0.4, 0.5) is 21.9 Å². The Morgan fingerprint density at radius 1 is 1.08 bits per heavy atom. The van der Waals surface area contributed by atoms with Crippen LogP contribution in [-0.2, 0) is 4.79 Å². The van der Waals surface area contributed by atoms with Gasteiger partial charge in [-0.3, -0.25) is 9.69 Å². The number of anilines is 3. The van der Waals surface area contributed by atoms with Crippen molar-refractivity contribution in [3.63, 3.8) is 0 Å². The average molecular weight is 342 g/mol. The van der Waals surface area contributed by atoms with Crippen LogP contribution in [0.3, 0.4) is 0 Å². The third kappa shape index (κ3) is 2.71. The Bertz CT molecular complexity index is 819. The summed E-state index contributed by atoms with van der Waals surface area (Å²) in [5.41, 5.74) is 2.16. The van der Waals surface area contributed by atoms with Crippen molar-refractivity contribution in [2.45, 2.75) is 18.9 Å². The summed E-state index contributed by atoms with van der Waals surface area (Å²) in [4.78, 5) is 28.5. The fourth-order valence-electron chi connectivity index (χ4n) is 3.00. The van der Waals surface area contributed by atoms with Crippen LogP contribution in [0.25, 0.3) is 0 Å². The van der Waals surface area contributed by atoms with E-state index >= 15 is 0 Å². The highest BCUT2D eigenvalue weighted by atomic mass is 35.5. The number of carbonyl (C=O) groups excluding carboxylic acids is 2. The van der Waals surface area contributed by atoms with Gasteiger partial charge in [0.1, 0.15) is 6.54 Å². The monoisotopic (exact) mass is 341 g/mol. The lowest BCUT2D eigenvalue weighted by molar-refractivity contribution is -0.117. The van der Waals surface area contributed by atoms with Gasteiger partial charge in [-0.1, -0.05) is 29.8 Å². The number of rotatable bonds is 2. The number of fused-ring (bicyclic) bond motifs is 1. The van der Waals surface area contributed by atoms with Crippen molar-refractivity contribution in [3.05, 3.63) is 53.6 Å². The molecule has 1 N–H and O–H groups in total. The molecule has 2 aliphatic rings. The molecule has 1 heterocycles. The van der Waals surface area contributed by atoms with Crippen LogP contribution in [-0.4, -0.2) is 24.5 Å². The Labute approximate surface area is 144 Å². The lowest BCUT2D eigenvalue weighted by Crippen LogP contribution is -2.50. The van der Waals surface area contributed by atoms with Crippen LogP contribution in [0, 0.1) is 0 Å². The maximum absolute atomic E-state index is 12.7. The van der Waals surface area contributed by atoms with Gasteiger partial charge in [0.15, 0.2) is 0 Å². The number of amides is 3. The topological polar surface area (TPSA) is 52.7 Å².